The molecule has 0 bridgehead atoms. The van der Waals surface area contributed by atoms with Gasteiger partial charge in [-0.25, -0.2) is 4.79 Å². The molecule has 3 N–H and O–H groups in total. The Kier molecular flexibility index (Phi) is 5.24. The number of carbonyl (C=O) groups is 3. The maximum atomic E-state index is 12.8. The lowest BCUT2D eigenvalue weighted by molar-refractivity contribution is -0.885. The molecule has 1 saturated carbocycles. The molecule has 1 aliphatic carbocycles. The van der Waals surface area contributed by atoms with Crippen molar-refractivity contribution in [2.24, 2.45) is 0 Å². The van der Waals surface area contributed by atoms with Crippen molar-refractivity contribution in [3.05, 3.63) is 48.0 Å². The van der Waals surface area contributed by atoms with Crippen molar-refractivity contribution in [2.45, 2.75) is 44.2 Å². The Bertz CT molecular complexity index is 952. The van der Waals surface area contributed by atoms with E-state index in [2.05, 4.69) is 41.1 Å². The van der Waals surface area contributed by atoms with Crippen LogP contribution in [0.3, 0.4) is 0 Å². The predicted octanol–water partition coefficient (Wildman–Crippen LogP) is 1.14. The van der Waals surface area contributed by atoms with E-state index in [0.717, 1.165) is 34.7 Å². The Morgan fingerprint density at radius 2 is 1.83 bits per heavy atom. The topological polar surface area (TPSA) is 82.9 Å². The number of fused-ring (bicyclic) bond motifs is 1. The molecule has 1 aliphatic heterocycles. The Morgan fingerprint density at radius 1 is 1.10 bits per heavy atom. The molecule has 2 aliphatic rings. The van der Waals surface area contributed by atoms with E-state index in [1.165, 1.54) is 10.8 Å². The highest BCUT2D eigenvalue weighted by molar-refractivity contribution is 6.08. The van der Waals surface area contributed by atoms with Gasteiger partial charge in [0, 0.05) is 5.56 Å². The summed E-state index contributed by atoms with van der Waals surface area (Å²) in [5.74, 6) is -0.678. The lowest BCUT2D eigenvalue weighted by atomic mass is 9.82. The zero-order valence-corrected chi connectivity index (χ0v) is 16.7. The van der Waals surface area contributed by atoms with Crippen molar-refractivity contribution in [3.8, 4) is 0 Å². The Hall–Kier alpha value is -2.93. The fourth-order valence-corrected chi connectivity index (χ4v) is 4.41. The van der Waals surface area contributed by atoms with Gasteiger partial charge in [-0.2, -0.15) is 5.01 Å². The summed E-state index contributed by atoms with van der Waals surface area (Å²) < 4.78 is 0. The summed E-state index contributed by atoms with van der Waals surface area (Å²) in [7, 11) is 1.92. The molecule has 0 radical (unpaired) electrons. The van der Waals surface area contributed by atoms with Crippen LogP contribution in [0, 0.1) is 0 Å². The number of hydrogen-bond acceptors (Lipinski definition) is 3. The molecule has 4 rings (SSSR count). The molecule has 152 valence electrons. The fourth-order valence-electron chi connectivity index (χ4n) is 4.41. The van der Waals surface area contributed by atoms with Gasteiger partial charge in [0.25, 0.3) is 11.8 Å². The van der Waals surface area contributed by atoms with E-state index in [-0.39, 0.29) is 18.4 Å². The van der Waals surface area contributed by atoms with Gasteiger partial charge in [-0.05, 0) is 29.7 Å². The van der Waals surface area contributed by atoms with Crippen molar-refractivity contribution < 1.29 is 19.3 Å². The van der Waals surface area contributed by atoms with Crippen LogP contribution >= 0.6 is 0 Å². The van der Waals surface area contributed by atoms with Crippen LogP contribution in [-0.2, 0) is 16.1 Å². The van der Waals surface area contributed by atoms with Crippen LogP contribution in [0.2, 0.25) is 0 Å². The van der Waals surface area contributed by atoms with E-state index >= 15 is 0 Å². The van der Waals surface area contributed by atoms with E-state index in [1.54, 1.807) is 0 Å². The first-order valence-electron chi connectivity index (χ1n) is 10.2. The van der Waals surface area contributed by atoms with Crippen LogP contribution in [-0.4, -0.2) is 42.0 Å². The second-order valence-corrected chi connectivity index (χ2v) is 8.24. The average Bonchev–Trinajstić information content (AvgIpc) is 2.92. The van der Waals surface area contributed by atoms with Crippen molar-refractivity contribution in [3.63, 3.8) is 0 Å². The summed E-state index contributed by atoms with van der Waals surface area (Å²) in [5, 5.41) is 6.02. The quantitative estimate of drug-likeness (QED) is 0.664. The minimum Gasteiger partial charge on any atom is -0.326 e. The molecule has 7 nitrogen and oxygen atoms in total. The summed E-state index contributed by atoms with van der Waals surface area (Å²) in [5.41, 5.74) is 2.81. The van der Waals surface area contributed by atoms with Crippen molar-refractivity contribution in [2.75, 3.05) is 13.6 Å². The number of hydrazine groups is 1. The first kappa shape index (κ1) is 19.4. The Morgan fingerprint density at radius 3 is 2.59 bits per heavy atom. The van der Waals surface area contributed by atoms with Crippen molar-refractivity contribution >= 4 is 28.6 Å². The SMILES string of the molecule is C[NH+](CC(=O)NN1C(=O)NC2(CCCCC2)C1=O)Cc1ccc2ccccc2c1. The van der Waals surface area contributed by atoms with Crippen LogP contribution < -0.4 is 15.6 Å². The summed E-state index contributed by atoms with van der Waals surface area (Å²) in [4.78, 5) is 38.5. The number of benzene rings is 2. The fraction of sp³-hybridized carbons (Fsp3) is 0.409. The van der Waals surface area contributed by atoms with E-state index in [4.69, 9.17) is 0 Å². The monoisotopic (exact) mass is 395 g/mol. The van der Waals surface area contributed by atoms with Gasteiger partial charge in [0.05, 0.1) is 7.05 Å². The van der Waals surface area contributed by atoms with Gasteiger partial charge in [-0.1, -0.05) is 55.7 Å². The maximum Gasteiger partial charge on any atom is 0.344 e. The molecular formula is C22H27N4O3+. The number of hydrogen-bond donors (Lipinski definition) is 3. The van der Waals surface area contributed by atoms with E-state index in [9.17, 15) is 14.4 Å². The lowest BCUT2D eigenvalue weighted by Crippen LogP contribution is -3.09. The summed E-state index contributed by atoms with van der Waals surface area (Å²) in [6.07, 6.45) is 4.16. The van der Waals surface area contributed by atoms with Gasteiger partial charge in [-0.15, -0.1) is 0 Å². The van der Waals surface area contributed by atoms with Gasteiger partial charge < -0.3 is 10.2 Å². The van der Waals surface area contributed by atoms with Crippen molar-refractivity contribution in [1.82, 2.24) is 15.8 Å². The average molecular weight is 395 g/mol. The minimum absolute atomic E-state index is 0.164. The minimum atomic E-state index is -0.827. The van der Waals surface area contributed by atoms with Crippen LogP contribution in [0.4, 0.5) is 4.79 Å². The summed E-state index contributed by atoms with van der Waals surface area (Å²) in [6, 6.07) is 13.9. The van der Waals surface area contributed by atoms with Gasteiger partial charge >= 0.3 is 6.03 Å². The number of quaternary nitrogens is 1. The number of nitrogens with one attached hydrogen (secondary N) is 3. The second kappa shape index (κ2) is 7.83. The van der Waals surface area contributed by atoms with E-state index in [1.807, 2.05) is 19.2 Å². The maximum absolute atomic E-state index is 12.8. The molecule has 2 aromatic carbocycles. The number of urea groups is 1. The summed E-state index contributed by atoms with van der Waals surface area (Å²) >= 11 is 0. The number of imide groups is 1. The molecule has 4 amide bonds. The molecule has 29 heavy (non-hydrogen) atoms. The predicted molar refractivity (Wildman–Crippen MR) is 109 cm³/mol. The third kappa shape index (κ3) is 3.96. The second-order valence-electron chi connectivity index (χ2n) is 8.24. The highest BCUT2D eigenvalue weighted by Crippen LogP contribution is 2.32. The third-order valence-electron chi connectivity index (χ3n) is 5.89. The normalized spacial score (nSPS) is 19.4. The molecule has 0 aromatic heterocycles. The molecule has 7 heteroatoms. The molecule has 1 spiro atoms. The van der Waals surface area contributed by atoms with E-state index in [0.29, 0.717) is 19.4 Å². The Balaban J connectivity index is 1.35. The van der Waals surface area contributed by atoms with Gasteiger partial charge in [0.2, 0.25) is 0 Å². The van der Waals surface area contributed by atoms with Gasteiger partial charge in [-0.3, -0.25) is 15.0 Å². The zero-order chi connectivity index (χ0) is 20.4. The Labute approximate surface area is 170 Å². The summed E-state index contributed by atoms with van der Waals surface area (Å²) in [6.45, 7) is 0.833. The molecule has 1 atom stereocenters. The number of nitrogens with zero attached hydrogens (tertiary/aromatic N) is 1. The van der Waals surface area contributed by atoms with Crippen LogP contribution in [0.1, 0.15) is 37.7 Å². The molecule has 1 heterocycles. The lowest BCUT2D eigenvalue weighted by Gasteiger charge is -2.30. The molecular weight excluding hydrogens is 368 g/mol. The van der Waals surface area contributed by atoms with Gasteiger partial charge in [0.1, 0.15) is 12.1 Å². The highest BCUT2D eigenvalue weighted by Gasteiger charge is 2.52. The van der Waals surface area contributed by atoms with Crippen LogP contribution in [0.15, 0.2) is 42.5 Å². The standard InChI is InChI=1S/C22H26N4O3/c1-25(14-16-9-10-17-7-3-4-8-18(17)13-16)15-19(27)24-26-20(28)22(23-21(26)29)11-5-2-6-12-22/h3-4,7-10,13H,2,5-6,11-12,14-15H2,1H3,(H,23,29)(H,24,27)/p+1. The molecule has 1 saturated heterocycles. The highest BCUT2D eigenvalue weighted by atomic mass is 16.2. The van der Waals surface area contributed by atoms with E-state index < -0.39 is 11.6 Å². The number of rotatable bonds is 5. The first-order chi connectivity index (χ1) is 14.0. The van der Waals surface area contributed by atoms with Gasteiger partial charge in [0.15, 0.2) is 6.54 Å². The smallest absolute Gasteiger partial charge is 0.326 e. The van der Waals surface area contributed by atoms with Crippen LogP contribution in [0.5, 0.6) is 0 Å². The van der Waals surface area contributed by atoms with Crippen molar-refractivity contribution in [1.29, 1.82) is 0 Å². The van der Waals surface area contributed by atoms with Crippen LogP contribution in [0.25, 0.3) is 10.8 Å². The molecule has 1 unspecified atom stereocenters. The number of likely N-dealkylation sites (N-methyl/N-ethyl adjacent to an activating group) is 1. The molecule has 2 fully saturated rings. The molecule has 2 aromatic rings. The number of carbonyl (C=O) groups excluding carboxylic acids is 3. The third-order valence-corrected chi connectivity index (χ3v) is 5.89. The zero-order valence-electron chi connectivity index (χ0n) is 16.7. The first-order valence-corrected chi connectivity index (χ1v) is 10.2. The number of amides is 4. The largest absolute Gasteiger partial charge is 0.344 e.